The first-order chi connectivity index (χ1) is 13.9. The summed E-state index contributed by atoms with van der Waals surface area (Å²) in [5, 5.41) is 18.1. The van der Waals surface area contributed by atoms with Crippen LogP contribution in [-0.4, -0.2) is 34.4 Å². The van der Waals surface area contributed by atoms with E-state index < -0.39 is 5.97 Å². The molecule has 7 heteroatoms. The third kappa shape index (κ3) is 7.89. The predicted molar refractivity (Wildman–Crippen MR) is 116 cm³/mol. The molecule has 158 valence electrons. The second-order valence-corrected chi connectivity index (χ2v) is 7.89. The second kappa shape index (κ2) is 11.6. The summed E-state index contributed by atoms with van der Waals surface area (Å²) >= 11 is 6.21. The van der Waals surface area contributed by atoms with Gasteiger partial charge in [0.2, 0.25) is 0 Å². The third-order valence-electron chi connectivity index (χ3n) is 4.44. The van der Waals surface area contributed by atoms with Crippen molar-refractivity contribution >= 4 is 23.4 Å². The minimum absolute atomic E-state index is 0.190. The van der Waals surface area contributed by atoms with Gasteiger partial charge in [-0.3, -0.25) is 4.79 Å². The van der Waals surface area contributed by atoms with Crippen molar-refractivity contribution in [1.82, 2.24) is 10.2 Å². The number of aromatic nitrogens is 2. The molecule has 0 aliphatic heterocycles. The van der Waals surface area contributed by atoms with Crippen LogP contribution in [0.5, 0.6) is 5.75 Å². The number of carboxylic acids is 1. The smallest absolute Gasteiger partial charge is 0.303 e. The van der Waals surface area contributed by atoms with Crippen LogP contribution in [0, 0.1) is 5.92 Å². The minimum atomic E-state index is -0.761. The van der Waals surface area contributed by atoms with Gasteiger partial charge >= 0.3 is 5.97 Å². The average molecular weight is 420 g/mol. The van der Waals surface area contributed by atoms with E-state index in [2.05, 4.69) is 35.9 Å². The Morgan fingerprint density at radius 3 is 2.62 bits per heavy atom. The van der Waals surface area contributed by atoms with Gasteiger partial charge in [-0.2, -0.15) is 5.10 Å². The van der Waals surface area contributed by atoms with E-state index in [0.717, 1.165) is 42.2 Å². The van der Waals surface area contributed by atoms with Crippen LogP contribution < -0.4 is 9.64 Å². The number of carboxylic acid groups (broad SMARTS) is 1. The Morgan fingerprint density at radius 1 is 1.21 bits per heavy atom. The maximum absolute atomic E-state index is 10.6. The zero-order chi connectivity index (χ0) is 21.2. The Bertz CT molecular complexity index is 781. The lowest BCUT2D eigenvalue weighted by Crippen LogP contribution is -2.24. The number of hydrogen-bond acceptors (Lipinski definition) is 5. The summed E-state index contributed by atoms with van der Waals surface area (Å²) < 4.78 is 5.96. The first-order valence-electron chi connectivity index (χ1n) is 10.1. The maximum atomic E-state index is 10.6. The van der Waals surface area contributed by atoms with Crippen LogP contribution >= 0.6 is 11.6 Å². The molecule has 1 aromatic carbocycles. The lowest BCUT2D eigenvalue weighted by molar-refractivity contribution is -0.137. The third-order valence-corrected chi connectivity index (χ3v) is 4.68. The molecule has 1 heterocycles. The predicted octanol–water partition coefficient (Wildman–Crippen LogP) is 4.99. The molecule has 1 aromatic heterocycles. The molecule has 0 spiro atoms. The van der Waals surface area contributed by atoms with E-state index in [4.69, 9.17) is 21.4 Å². The Morgan fingerprint density at radius 2 is 2.00 bits per heavy atom. The number of aliphatic carboxylic acids is 1. The number of unbranched alkanes of at least 4 members (excludes halogenated alkanes) is 1. The fourth-order valence-electron chi connectivity index (χ4n) is 2.87. The van der Waals surface area contributed by atoms with E-state index in [1.165, 1.54) is 0 Å². The molecular formula is C22H30ClN3O3. The molecule has 0 atom stereocenters. The van der Waals surface area contributed by atoms with Crippen LogP contribution in [0.25, 0.3) is 0 Å². The lowest BCUT2D eigenvalue weighted by atomic mass is 10.1. The molecule has 2 aromatic rings. The summed E-state index contributed by atoms with van der Waals surface area (Å²) in [5.74, 6) is 1.30. The molecule has 0 unspecified atom stereocenters. The highest BCUT2D eigenvalue weighted by Gasteiger charge is 2.13. The number of aryl methyl sites for hydroxylation is 1. The van der Waals surface area contributed by atoms with Crippen LogP contribution in [0.2, 0.25) is 5.02 Å². The molecule has 0 saturated heterocycles. The molecule has 1 N–H and O–H groups in total. The molecule has 6 nitrogen and oxygen atoms in total. The zero-order valence-electron chi connectivity index (χ0n) is 17.4. The minimum Gasteiger partial charge on any atom is -0.493 e. The van der Waals surface area contributed by atoms with E-state index in [0.29, 0.717) is 30.5 Å². The largest absolute Gasteiger partial charge is 0.493 e. The standard InChI is InChI=1S/C22H30ClN3O3/c1-4-26(14-17-13-18(23)9-11-20(17)29-15-16(2)3)21-12-10-19(24-25-21)7-5-6-8-22(27)28/h9-13,16H,4-8,14-15H2,1-3H3,(H,27,28). The first kappa shape index (κ1) is 22.9. The molecule has 0 amide bonds. The van der Waals surface area contributed by atoms with E-state index in [-0.39, 0.29) is 6.42 Å². The van der Waals surface area contributed by atoms with Gasteiger partial charge in [0.15, 0.2) is 5.82 Å². The zero-order valence-corrected chi connectivity index (χ0v) is 18.2. The van der Waals surface area contributed by atoms with E-state index in [1.54, 1.807) is 0 Å². The molecule has 2 rings (SSSR count). The first-order valence-corrected chi connectivity index (χ1v) is 10.5. The summed E-state index contributed by atoms with van der Waals surface area (Å²) in [6.07, 6.45) is 2.36. The Labute approximate surface area is 177 Å². The number of benzene rings is 1. The van der Waals surface area contributed by atoms with Crippen molar-refractivity contribution in [2.45, 2.75) is 53.0 Å². The molecule has 29 heavy (non-hydrogen) atoms. The van der Waals surface area contributed by atoms with E-state index in [9.17, 15) is 4.79 Å². The van der Waals surface area contributed by atoms with Crippen LogP contribution in [-0.2, 0) is 17.8 Å². The number of rotatable bonds is 12. The van der Waals surface area contributed by atoms with Gasteiger partial charge in [-0.05, 0) is 62.4 Å². The lowest BCUT2D eigenvalue weighted by Gasteiger charge is -2.23. The number of carbonyl (C=O) groups is 1. The molecule has 0 aliphatic rings. The van der Waals surface area contributed by atoms with Gasteiger partial charge in [0.1, 0.15) is 5.75 Å². The second-order valence-electron chi connectivity index (χ2n) is 7.45. The maximum Gasteiger partial charge on any atom is 0.303 e. The SMILES string of the molecule is CCN(Cc1cc(Cl)ccc1OCC(C)C)c1ccc(CCCCC(=O)O)nn1. The van der Waals surface area contributed by atoms with Crippen molar-refractivity contribution in [3.8, 4) is 5.75 Å². The molecule has 0 radical (unpaired) electrons. The number of hydrogen-bond donors (Lipinski definition) is 1. The highest BCUT2D eigenvalue weighted by molar-refractivity contribution is 6.30. The number of halogens is 1. The summed E-state index contributed by atoms with van der Waals surface area (Å²) in [6.45, 7) is 8.34. The van der Waals surface area contributed by atoms with Crippen molar-refractivity contribution in [3.05, 3.63) is 46.6 Å². The Balaban J connectivity index is 2.04. The van der Waals surface area contributed by atoms with Crippen LogP contribution in [0.1, 0.15) is 51.3 Å². The van der Waals surface area contributed by atoms with Gasteiger partial charge in [-0.25, -0.2) is 0 Å². The monoisotopic (exact) mass is 419 g/mol. The fourth-order valence-corrected chi connectivity index (χ4v) is 3.06. The highest BCUT2D eigenvalue weighted by atomic mass is 35.5. The molecule has 0 saturated carbocycles. The van der Waals surface area contributed by atoms with Gasteiger partial charge in [0, 0.05) is 30.1 Å². The van der Waals surface area contributed by atoms with Gasteiger partial charge in [-0.1, -0.05) is 25.4 Å². The Kier molecular flexibility index (Phi) is 9.19. The Hall–Kier alpha value is -2.34. The highest BCUT2D eigenvalue weighted by Crippen LogP contribution is 2.26. The van der Waals surface area contributed by atoms with Crippen molar-refractivity contribution in [2.75, 3.05) is 18.1 Å². The van der Waals surface area contributed by atoms with Gasteiger partial charge < -0.3 is 14.7 Å². The molecule has 0 bridgehead atoms. The number of anilines is 1. The number of nitrogens with zero attached hydrogens (tertiary/aromatic N) is 3. The van der Waals surface area contributed by atoms with Gasteiger partial charge in [0.05, 0.1) is 12.3 Å². The van der Waals surface area contributed by atoms with E-state index >= 15 is 0 Å². The van der Waals surface area contributed by atoms with Gasteiger partial charge in [0.25, 0.3) is 0 Å². The average Bonchev–Trinajstić information content (AvgIpc) is 2.69. The molecular weight excluding hydrogens is 390 g/mol. The van der Waals surface area contributed by atoms with Gasteiger partial charge in [-0.15, -0.1) is 5.10 Å². The normalized spacial score (nSPS) is 10.9. The van der Waals surface area contributed by atoms with Crippen molar-refractivity contribution < 1.29 is 14.6 Å². The summed E-state index contributed by atoms with van der Waals surface area (Å²) in [6, 6.07) is 9.61. The quantitative estimate of drug-likeness (QED) is 0.488. The van der Waals surface area contributed by atoms with Crippen molar-refractivity contribution in [3.63, 3.8) is 0 Å². The van der Waals surface area contributed by atoms with Crippen molar-refractivity contribution in [1.29, 1.82) is 0 Å². The fraction of sp³-hybridized carbons (Fsp3) is 0.500. The van der Waals surface area contributed by atoms with Crippen LogP contribution in [0.4, 0.5) is 5.82 Å². The van der Waals surface area contributed by atoms with Crippen molar-refractivity contribution in [2.24, 2.45) is 5.92 Å². The summed E-state index contributed by atoms with van der Waals surface area (Å²) in [4.78, 5) is 12.7. The van der Waals surface area contributed by atoms with Crippen LogP contribution in [0.15, 0.2) is 30.3 Å². The molecule has 0 fully saturated rings. The summed E-state index contributed by atoms with van der Waals surface area (Å²) in [7, 11) is 0. The summed E-state index contributed by atoms with van der Waals surface area (Å²) in [5.41, 5.74) is 1.89. The topological polar surface area (TPSA) is 75.5 Å². The number of ether oxygens (including phenoxy) is 1. The molecule has 0 aliphatic carbocycles. The van der Waals surface area contributed by atoms with Crippen LogP contribution in [0.3, 0.4) is 0 Å². The van der Waals surface area contributed by atoms with E-state index in [1.807, 2.05) is 30.3 Å².